The summed E-state index contributed by atoms with van der Waals surface area (Å²) in [6.45, 7) is 1.99. The highest BCUT2D eigenvalue weighted by Gasteiger charge is 2.17. The van der Waals surface area contributed by atoms with Crippen LogP contribution in [0.2, 0.25) is 5.02 Å². The van der Waals surface area contributed by atoms with Crippen molar-refractivity contribution in [2.75, 3.05) is 7.11 Å². The Morgan fingerprint density at radius 3 is 2.69 bits per heavy atom. The first kappa shape index (κ1) is 13.4. The molecule has 4 heteroatoms. The monoisotopic (exact) mass is 245 g/mol. The first-order chi connectivity index (χ1) is 7.58. The molecule has 0 aromatic heterocycles. The number of rotatable bonds is 5. The molecule has 1 rings (SSSR count). The Bertz CT molecular complexity index is 342. The van der Waals surface area contributed by atoms with Gasteiger partial charge in [-0.1, -0.05) is 24.6 Å². The molecule has 0 aliphatic rings. The summed E-state index contributed by atoms with van der Waals surface area (Å²) in [5.74, 6) is -0.311. The maximum atomic E-state index is 13.5. The third kappa shape index (κ3) is 3.44. The fourth-order valence-corrected chi connectivity index (χ4v) is 1.88. The molecule has 0 fully saturated rings. The number of nitrogens with two attached hydrogens (primary N) is 1. The van der Waals surface area contributed by atoms with Gasteiger partial charge >= 0.3 is 0 Å². The maximum absolute atomic E-state index is 13.5. The van der Waals surface area contributed by atoms with E-state index in [-0.39, 0.29) is 18.0 Å². The van der Waals surface area contributed by atoms with Crippen LogP contribution >= 0.6 is 11.6 Å². The topological polar surface area (TPSA) is 35.2 Å². The van der Waals surface area contributed by atoms with Crippen molar-refractivity contribution in [3.8, 4) is 0 Å². The van der Waals surface area contributed by atoms with E-state index in [4.69, 9.17) is 22.1 Å². The van der Waals surface area contributed by atoms with Gasteiger partial charge in [0, 0.05) is 18.2 Å². The lowest BCUT2D eigenvalue weighted by atomic mass is 10.00. The number of methoxy groups -OCH3 is 1. The number of ether oxygens (including phenoxy) is 1. The molecular weight excluding hydrogens is 229 g/mol. The molecule has 1 aromatic rings. The summed E-state index contributed by atoms with van der Waals surface area (Å²) in [6, 6.07) is 4.43. The summed E-state index contributed by atoms with van der Waals surface area (Å²) in [5, 5.41) is 0.397. The van der Waals surface area contributed by atoms with Crippen molar-refractivity contribution in [1.29, 1.82) is 0 Å². The second-order valence-corrected chi connectivity index (χ2v) is 4.22. The summed E-state index contributed by atoms with van der Waals surface area (Å²) in [4.78, 5) is 0. The van der Waals surface area contributed by atoms with E-state index in [2.05, 4.69) is 0 Å². The van der Waals surface area contributed by atoms with Gasteiger partial charge in [0.15, 0.2) is 0 Å². The quantitative estimate of drug-likeness (QED) is 0.866. The van der Waals surface area contributed by atoms with Crippen LogP contribution in [0.4, 0.5) is 4.39 Å². The molecule has 0 bridgehead atoms. The minimum absolute atomic E-state index is 0.0462. The average Bonchev–Trinajstić information content (AvgIpc) is 2.24. The molecule has 0 radical (unpaired) electrons. The lowest BCUT2D eigenvalue weighted by Gasteiger charge is -2.21. The zero-order chi connectivity index (χ0) is 12.1. The fourth-order valence-electron chi connectivity index (χ4n) is 1.72. The van der Waals surface area contributed by atoms with E-state index in [1.54, 1.807) is 19.2 Å². The number of benzene rings is 1. The molecular formula is C12H17ClFNO. The third-order valence-corrected chi connectivity index (χ3v) is 2.89. The second kappa shape index (κ2) is 6.18. The normalized spacial score (nSPS) is 14.8. The molecule has 2 unspecified atom stereocenters. The molecule has 0 saturated heterocycles. The van der Waals surface area contributed by atoms with Gasteiger partial charge in [0.2, 0.25) is 0 Å². The van der Waals surface area contributed by atoms with Gasteiger partial charge in [-0.3, -0.25) is 0 Å². The van der Waals surface area contributed by atoms with Crippen molar-refractivity contribution < 1.29 is 9.13 Å². The highest BCUT2D eigenvalue weighted by Crippen LogP contribution is 2.17. The molecule has 16 heavy (non-hydrogen) atoms. The van der Waals surface area contributed by atoms with E-state index in [0.29, 0.717) is 17.0 Å². The van der Waals surface area contributed by atoms with Gasteiger partial charge in [0.25, 0.3) is 0 Å². The van der Waals surface area contributed by atoms with Crippen LogP contribution in [0.15, 0.2) is 18.2 Å². The van der Waals surface area contributed by atoms with Crippen LogP contribution in [0.5, 0.6) is 0 Å². The van der Waals surface area contributed by atoms with Crippen molar-refractivity contribution in [1.82, 2.24) is 0 Å². The van der Waals surface area contributed by atoms with Gasteiger partial charge in [0.1, 0.15) is 5.82 Å². The van der Waals surface area contributed by atoms with Gasteiger partial charge in [-0.25, -0.2) is 4.39 Å². The first-order valence-corrected chi connectivity index (χ1v) is 5.68. The highest BCUT2D eigenvalue weighted by molar-refractivity contribution is 6.30. The van der Waals surface area contributed by atoms with Crippen molar-refractivity contribution in [2.24, 2.45) is 5.73 Å². The summed E-state index contributed by atoms with van der Waals surface area (Å²) in [6.07, 6.45) is 1.22. The van der Waals surface area contributed by atoms with E-state index in [0.717, 1.165) is 6.42 Å². The smallest absolute Gasteiger partial charge is 0.127 e. The van der Waals surface area contributed by atoms with Crippen LogP contribution in [0.25, 0.3) is 0 Å². The lowest BCUT2D eigenvalue weighted by molar-refractivity contribution is 0.0771. The Labute approximate surface area is 101 Å². The van der Waals surface area contributed by atoms with Crippen LogP contribution in [0.3, 0.4) is 0 Å². The van der Waals surface area contributed by atoms with E-state index in [1.165, 1.54) is 6.07 Å². The summed E-state index contributed by atoms with van der Waals surface area (Å²) in [7, 11) is 1.62. The third-order valence-electron chi connectivity index (χ3n) is 2.65. The fraction of sp³-hybridized carbons (Fsp3) is 0.500. The number of halogens is 2. The highest BCUT2D eigenvalue weighted by atomic mass is 35.5. The van der Waals surface area contributed by atoms with Gasteiger partial charge in [-0.05, 0) is 30.5 Å². The molecule has 0 saturated carbocycles. The van der Waals surface area contributed by atoms with Gasteiger partial charge < -0.3 is 10.5 Å². The molecule has 90 valence electrons. The Hall–Kier alpha value is -0.640. The van der Waals surface area contributed by atoms with Gasteiger partial charge in [0.05, 0.1) is 6.10 Å². The van der Waals surface area contributed by atoms with Crippen LogP contribution < -0.4 is 5.73 Å². The minimum Gasteiger partial charge on any atom is -0.380 e. The number of hydrogen-bond donors (Lipinski definition) is 1. The van der Waals surface area contributed by atoms with E-state index in [9.17, 15) is 4.39 Å². The Morgan fingerprint density at radius 2 is 2.19 bits per heavy atom. The summed E-state index contributed by atoms with van der Waals surface area (Å²) < 4.78 is 18.7. The van der Waals surface area contributed by atoms with Gasteiger partial charge in [-0.15, -0.1) is 0 Å². The molecule has 0 aliphatic carbocycles. The molecule has 1 aromatic carbocycles. The van der Waals surface area contributed by atoms with Crippen LogP contribution in [-0.2, 0) is 11.2 Å². The van der Waals surface area contributed by atoms with E-state index < -0.39 is 0 Å². The van der Waals surface area contributed by atoms with E-state index >= 15 is 0 Å². The van der Waals surface area contributed by atoms with Crippen molar-refractivity contribution >= 4 is 11.6 Å². The predicted octanol–water partition coefficient (Wildman–Crippen LogP) is 2.77. The van der Waals surface area contributed by atoms with Crippen LogP contribution in [-0.4, -0.2) is 19.3 Å². The van der Waals surface area contributed by atoms with Crippen molar-refractivity contribution in [3.05, 3.63) is 34.6 Å². The SMILES string of the molecule is CCC(OC)C(N)Cc1ccc(Cl)cc1F. The van der Waals surface area contributed by atoms with E-state index in [1.807, 2.05) is 6.92 Å². The zero-order valence-electron chi connectivity index (χ0n) is 9.54. The standard InChI is InChI=1S/C12H17ClFNO/c1-3-12(16-2)11(15)6-8-4-5-9(13)7-10(8)14/h4-5,7,11-12H,3,6,15H2,1-2H3. The first-order valence-electron chi connectivity index (χ1n) is 5.30. The molecule has 2 atom stereocenters. The molecule has 0 amide bonds. The van der Waals surface area contributed by atoms with Crippen molar-refractivity contribution in [2.45, 2.75) is 31.9 Å². The Kier molecular flexibility index (Phi) is 5.19. The Morgan fingerprint density at radius 1 is 1.50 bits per heavy atom. The molecule has 2 N–H and O–H groups in total. The largest absolute Gasteiger partial charge is 0.380 e. The second-order valence-electron chi connectivity index (χ2n) is 3.79. The summed E-state index contributed by atoms with van der Waals surface area (Å²) >= 11 is 5.67. The molecule has 0 heterocycles. The molecule has 0 aliphatic heterocycles. The Balaban J connectivity index is 2.72. The number of hydrogen-bond acceptors (Lipinski definition) is 2. The zero-order valence-corrected chi connectivity index (χ0v) is 10.3. The molecule has 0 spiro atoms. The van der Waals surface area contributed by atoms with Gasteiger partial charge in [-0.2, -0.15) is 0 Å². The minimum atomic E-state index is -0.311. The summed E-state index contributed by atoms with van der Waals surface area (Å²) in [5.41, 5.74) is 6.53. The van der Waals surface area contributed by atoms with Crippen LogP contribution in [0.1, 0.15) is 18.9 Å². The maximum Gasteiger partial charge on any atom is 0.127 e. The van der Waals surface area contributed by atoms with Crippen molar-refractivity contribution in [3.63, 3.8) is 0 Å². The molecule has 2 nitrogen and oxygen atoms in total. The van der Waals surface area contributed by atoms with Crippen LogP contribution in [0, 0.1) is 5.82 Å². The average molecular weight is 246 g/mol. The lowest BCUT2D eigenvalue weighted by Crippen LogP contribution is -2.37. The predicted molar refractivity (Wildman–Crippen MR) is 64.2 cm³/mol.